The van der Waals surface area contributed by atoms with E-state index in [0.717, 1.165) is 41.0 Å². The zero-order valence-corrected chi connectivity index (χ0v) is 23.2. The number of aromatic nitrogens is 1. The molecule has 1 atom stereocenters. The Kier molecular flexibility index (Phi) is 10.6. The van der Waals surface area contributed by atoms with E-state index in [4.69, 9.17) is 20.0 Å². The molecule has 1 heterocycles. The molecule has 1 aromatic heterocycles. The zero-order valence-electron chi connectivity index (χ0n) is 23.2. The lowest BCUT2D eigenvalue weighted by Gasteiger charge is -2.17. The summed E-state index contributed by atoms with van der Waals surface area (Å²) in [6.07, 6.45) is 3.38. The summed E-state index contributed by atoms with van der Waals surface area (Å²) >= 11 is 0. The SMILES string of the molecule is CCCCC(=O)On1c(CC)cc2cc(CC(C)NCCOc3ccccc3OC(C)C)cc(C(N)=O)c21. The predicted octanol–water partition coefficient (Wildman–Crippen LogP) is 4.83. The van der Waals surface area contributed by atoms with E-state index < -0.39 is 5.91 Å². The van der Waals surface area contributed by atoms with Crippen LogP contribution in [0, 0.1) is 0 Å². The standard InChI is InChI=1S/C30H41N3O5/c1-6-8-13-28(34)38-33-24(7-2)19-23-17-22(18-25(29(23)33)30(31)35)16-21(5)32-14-15-36-26-11-9-10-12-27(26)37-20(3)4/h9-12,17-21,32H,6-8,13-16H2,1-5H3,(H2,31,35). The molecular formula is C30H41N3O5. The van der Waals surface area contributed by atoms with E-state index in [1.165, 1.54) is 4.73 Å². The maximum atomic E-state index is 12.4. The fourth-order valence-electron chi connectivity index (χ4n) is 4.37. The maximum absolute atomic E-state index is 12.4. The number of hydrogen-bond acceptors (Lipinski definition) is 6. The molecule has 0 bridgehead atoms. The Morgan fingerprint density at radius 3 is 2.45 bits per heavy atom. The Balaban J connectivity index is 1.68. The van der Waals surface area contributed by atoms with Crippen molar-refractivity contribution in [2.45, 2.75) is 78.9 Å². The quantitative estimate of drug-likeness (QED) is 0.276. The average molecular weight is 524 g/mol. The van der Waals surface area contributed by atoms with E-state index in [1.54, 1.807) is 6.07 Å². The van der Waals surface area contributed by atoms with Crippen molar-refractivity contribution in [3.63, 3.8) is 0 Å². The summed E-state index contributed by atoms with van der Waals surface area (Å²) in [5, 5.41) is 4.30. The van der Waals surface area contributed by atoms with Gasteiger partial charge in [0.05, 0.1) is 17.4 Å². The Labute approximate surface area is 225 Å². The summed E-state index contributed by atoms with van der Waals surface area (Å²) in [4.78, 5) is 30.5. The number of carbonyl (C=O) groups excluding carboxylic acids is 2. The number of nitrogens with one attached hydrogen (secondary N) is 1. The Bertz CT molecular complexity index is 1230. The molecule has 8 nitrogen and oxygen atoms in total. The molecule has 1 amide bonds. The van der Waals surface area contributed by atoms with Crippen LogP contribution in [0.4, 0.5) is 0 Å². The van der Waals surface area contributed by atoms with E-state index in [2.05, 4.69) is 12.2 Å². The fourth-order valence-corrected chi connectivity index (χ4v) is 4.37. The molecule has 0 radical (unpaired) electrons. The molecule has 3 aromatic rings. The van der Waals surface area contributed by atoms with E-state index in [-0.39, 0.29) is 18.1 Å². The van der Waals surface area contributed by atoms with Crippen LogP contribution in [0.15, 0.2) is 42.5 Å². The van der Waals surface area contributed by atoms with Crippen LogP contribution in [0.1, 0.15) is 75.5 Å². The number of para-hydroxylation sites is 2. The topological polar surface area (TPSA) is 105 Å². The molecule has 3 rings (SSSR count). The Morgan fingerprint density at radius 1 is 1.05 bits per heavy atom. The van der Waals surface area contributed by atoms with Gasteiger partial charge in [-0.05, 0) is 75.9 Å². The van der Waals surface area contributed by atoms with Crippen molar-refractivity contribution in [3.05, 3.63) is 59.3 Å². The van der Waals surface area contributed by atoms with Crippen LogP contribution in [0.5, 0.6) is 11.5 Å². The second-order valence-corrected chi connectivity index (χ2v) is 9.82. The normalized spacial score (nSPS) is 12.1. The van der Waals surface area contributed by atoms with Gasteiger partial charge in [0.25, 0.3) is 5.91 Å². The van der Waals surface area contributed by atoms with Crippen molar-refractivity contribution < 1.29 is 23.9 Å². The molecule has 1 unspecified atom stereocenters. The van der Waals surface area contributed by atoms with Crippen LogP contribution in [-0.4, -0.2) is 41.9 Å². The highest BCUT2D eigenvalue weighted by molar-refractivity contribution is 6.06. The lowest BCUT2D eigenvalue weighted by Crippen LogP contribution is -2.32. The van der Waals surface area contributed by atoms with Crippen molar-refractivity contribution in [2.75, 3.05) is 13.2 Å². The Morgan fingerprint density at radius 2 is 1.79 bits per heavy atom. The molecule has 0 aliphatic rings. The molecule has 206 valence electrons. The number of primary amides is 1. The van der Waals surface area contributed by atoms with Crippen LogP contribution >= 0.6 is 0 Å². The van der Waals surface area contributed by atoms with Crippen molar-refractivity contribution in [3.8, 4) is 11.5 Å². The zero-order chi connectivity index (χ0) is 27.7. The molecule has 2 aromatic carbocycles. The third-order valence-electron chi connectivity index (χ3n) is 6.15. The van der Waals surface area contributed by atoms with Crippen LogP contribution in [0.2, 0.25) is 0 Å². The van der Waals surface area contributed by atoms with Gasteiger partial charge in [-0.1, -0.05) is 32.4 Å². The molecule has 3 N–H and O–H groups in total. The molecule has 0 spiro atoms. The number of fused-ring (bicyclic) bond motifs is 1. The summed E-state index contributed by atoms with van der Waals surface area (Å²) in [6, 6.07) is 13.6. The number of aryl methyl sites for hydroxylation is 1. The lowest BCUT2D eigenvalue weighted by atomic mass is 10.0. The van der Waals surface area contributed by atoms with E-state index >= 15 is 0 Å². The van der Waals surface area contributed by atoms with Crippen LogP contribution in [0.3, 0.4) is 0 Å². The monoisotopic (exact) mass is 523 g/mol. The number of benzene rings is 2. The van der Waals surface area contributed by atoms with Gasteiger partial charge in [0.1, 0.15) is 12.1 Å². The largest absolute Gasteiger partial charge is 0.488 e. The lowest BCUT2D eigenvalue weighted by molar-refractivity contribution is -0.144. The van der Waals surface area contributed by atoms with Crippen molar-refractivity contribution in [1.82, 2.24) is 10.0 Å². The molecule has 0 saturated heterocycles. The molecule has 0 fully saturated rings. The third-order valence-corrected chi connectivity index (χ3v) is 6.15. The number of rotatable bonds is 15. The van der Waals surface area contributed by atoms with Crippen molar-refractivity contribution in [1.29, 1.82) is 0 Å². The Hall–Kier alpha value is -3.52. The average Bonchev–Trinajstić information content (AvgIpc) is 3.22. The van der Waals surface area contributed by atoms with E-state index in [0.29, 0.717) is 43.5 Å². The highest BCUT2D eigenvalue weighted by Gasteiger charge is 2.20. The number of unbranched alkanes of at least 4 members (excludes halogenated alkanes) is 1. The number of nitrogens with zero attached hydrogens (tertiary/aromatic N) is 1. The van der Waals surface area contributed by atoms with Crippen molar-refractivity contribution >= 4 is 22.8 Å². The number of hydrogen-bond donors (Lipinski definition) is 2. The molecule has 0 aliphatic heterocycles. The first-order valence-electron chi connectivity index (χ1n) is 13.5. The minimum Gasteiger partial charge on any atom is -0.488 e. The first-order chi connectivity index (χ1) is 18.2. The first-order valence-corrected chi connectivity index (χ1v) is 13.5. The second-order valence-electron chi connectivity index (χ2n) is 9.82. The van der Waals surface area contributed by atoms with Crippen LogP contribution < -0.4 is 25.4 Å². The summed E-state index contributed by atoms with van der Waals surface area (Å²) in [6.45, 7) is 11.2. The number of ether oxygens (including phenoxy) is 2. The third kappa shape index (κ3) is 7.74. The van der Waals surface area contributed by atoms with Crippen molar-refractivity contribution in [2.24, 2.45) is 5.73 Å². The molecule has 0 saturated carbocycles. The molecular weight excluding hydrogens is 482 g/mol. The van der Waals surface area contributed by atoms with Gasteiger partial charge < -0.3 is 25.4 Å². The van der Waals surface area contributed by atoms with Gasteiger partial charge in [-0.25, -0.2) is 4.79 Å². The summed E-state index contributed by atoms with van der Waals surface area (Å²) in [5.41, 5.74) is 8.44. The predicted molar refractivity (Wildman–Crippen MR) is 150 cm³/mol. The van der Waals surface area contributed by atoms with Crippen LogP contribution in [-0.2, 0) is 17.6 Å². The summed E-state index contributed by atoms with van der Waals surface area (Å²) in [7, 11) is 0. The molecule has 8 heteroatoms. The number of amides is 1. The minimum atomic E-state index is -0.556. The highest BCUT2D eigenvalue weighted by atomic mass is 16.7. The summed E-state index contributed by atoms with van der Waals surface area (Å²) < 4.78 is 13.2. The van der Waals surface area contributed by atoms with Gasteiger partial charge in [-0.15, -0.1) is 0 Å². The number of carbonyl (C=O) groups is 2. The minimum absolute atomic E-state index is 0.0685. The van der Waals surface area contributed by atoms with Gasteiger partial charge in [0, 0.05) is 24.4 Å². The molecule has 38 heavy (non-hydrogen) atoms. The fraction of sp³-hybridized carbons (Fsp3) is 0.467. The smallest absolute Gasteiger partial charge is 0.332 e. The van der Waals surface area contributed by atoms with Gasteiger partial charge in [0.15, 0.2) is 11.5 Å². The van der Waals surface area contributed by atoms with Gasteiger partial charge in [-0.3, -0.25) is 4.79 Å². The molecule has 0 aliphatic carbocycles. The highest BCUT2D eigenvalue weighted by Crippen LogP contribution is 2.28. The number of nitrogens with two attached hydrogens (primary N) is 1. The second kappa shape index (κ2) is 13.9. The first kappa shape index (κ1) is 29.0. The van der Waals surface area contributed by atoms with Crippen LogP contribution in [0.25, 0.3) is 10.9 Å². The van der Waals surface area contributed by atoms with Gasteiger partial charge >= 0.3 is 5.97 Å². The summed E-state index contributed by atoms with van der Waals surface area (Å²) in [5.74, 6) is 0.577. The van der Waals surface area contributed by atoms with Gasteiger partial charge in [0.2, 0.25) is 0 Å². The maximum Gasteiger partial charge on any atom is 0.332 e. The van der Waals surface area contributed by atoms with Gasteiger partial charge in [-0.2, -0.15) is 4.73 Å². The van der Waals surface area contributed by atoms with E-state index in [1.807, 2.05) is 64.1 Å². The van der Waals surface area contributed by atoms with E-state index in [9.17, 15) is 9.59 Å².